The van der Waals surface area contributed by atoms with E-state index in [-0.39, 0.29) is 11.5 Å². The number of aryl methyl sites for hydroxylation is 1. The smallest absolute Gasteiger partial charge is 0.408 e. The molecule has 0 bridgehead atoms. The Balaban J connectivity index is 1.96. The van der Waals surface area contributed by atoms with E-state index in [2.05, 4.69) is 10.1 Å². The Kier molecular flexibility index (Phi) is 7.53. The van der Waals surface area contributed by atoms with E-state index in [9.17, 15) is 18.0 Å². The van der Waals surface area contributed by atoms with Gasteiger partial charge in [0.2, 0.25) is 0 Å². The summed E-state index contributed by atoms with van der Waals surface area (Å²) < 4.78 is 39.0. The Morgan fingerprint density at radius 3 is 2.29 bits per heavy atom. The molecule has 2 aromatic carbocycles. The number of esters is 1. The quantitative estimate of drug-likeness (QED) is 0.528. The van der Waals surface area contributed by atoms with Crippen LogP contribution in [0, 0.1) is 6.92 Å². The Morgan fingerprint density at radius 2 is 1.68 bits per heavy atom. The van der Waals surface area contributed by atoms with Crippen molar-refractivity contribution in [2.24, 2.45) is 0 Å². The van der Waals surface area contributed by atoms with Crippen LogP contribution in [0.15, 0.2) is 59.5 Å². The van der Waals surface area contributed by atoms with Gasteiger partial charge in [0.15, 0.2) is 6.04 Å². The summed E-state index contributed by atoms with van der Waals surface area (Å²) in [6.07, 6.45) is -0.907. The largest absolute Gasteiger partial charge is 0.467 e. The molecule has 2 rings (SSSR count). The normalized spacial score (nSPS) is 12.1. The van der Waals surface area contributed by atoms with Crippen LogP contribution in [-0.2, 0) is 35.2 Å². The van der Waals surface area contributed by atoms with E-state index >= 15 is 0 Å². The number of ether oxygens (including phenoxy) is 2. The summed E-state index contributed by atoms with van der Waals surface area (Å²) in [6, 6.07) is 13.6. The first-order chi connectivity index (χ1) is 13.3. The van der Waals surface area contributed by atoms with Crippen LogP contribution < -0.4 is 5.32 Å². The number of hydrogen-bond acceptors (Lipinski definition) is 7. The van der Waals surface area contributed by atoms with Gasteiger partial charge in [-0.15, -0.1) is 0 Å². The van der Waals surface area contributed by atoms with Crippen molar-refractivity contribution in [2.45, 2.75) is 24.5 Å². The van der Waals surface area contributed by atoms with E-state index < -0.39 is 34.8 Å². The second-order valence-corrected chi connectivity index (χ2v) is 7.45. The van der Waals surface area contributed by atoms with Gasteiger partial charge in [-0.25, -0.2) is 9.59 Å². The van der Waals surface area contributed by atoms with E-state index in [0.29, 0.717) is 0 Å². The first kappa shape index (κ1) is 21.4. The molecule has 0 aliphatic heterocycles. The van der Waals surface area contributed by atoms with Gasteiger partial charge >= 0.3 is 12.1 Å². The molecule has 0 aromatic heterocycles. The fraction of sp³-hybridized carbons (Fsp3) is 0.263. The van der Waals surface area contributed by atoms with E-state index in [1.54, 1.807) is 36.4 Å². The lowest BCUT2D eigenvalue weighted by Crippen LogP contribution is -2.45. The summed E-state index contributed by atoms with van der Waals surface area (Å²) in [4.78, 5) is 23.7. The molecule has 150 valence electrons. The van der Waals surface area contributed by atoms with Crippen molar-refractivity contribution < 1.29 is 31.7 Å². The van der Waals surface area contributed by atoms with Crippen molar-refractivity contribution in [1.82, 2.24) is 5.32 Å². The monoisotopic (exact) mass is 407 g/mol. The van der Waals surface area contributed by atoms with Crippen molar-refractivity contribution in [3.63, 3.8) is 0 Å². The maximum absolute atomic E-state index is 12.2. The maximum Gasteiger partial charge on any atom is 0.408 e. The Bertz CT molecular complexity index is 896. The molecule has 0 radical (unpaired) electrons. The van der Waals surface area contributed by atoms with Crippen molar-refractivity contribution in [3.05, 3.63) is 65.7 Å². The first-order valence-electron chi connectivity index (χ1n) is 8.33. The second-order valence-electron chi connectivity index (χ2n) is 5.83. The Hall–Kier alpha value is -2.91. The van der Waals surface area contributed by atoms with Crippen LogP contribution in [0.2, 0.25) is 0 Å². The fourth-order valence-corrected chi connectivity index (χ4v) is 3.07. The average Bonchev–Trinajstić information content (AvgIpc) is 2.70. The number of rotatable bonds is 8. The highest BCUT2D eigenvalue weighted by atomic mass is 32.2. The van der Waals surface area contributed by atoms with Gasteiger partial charge in [-0.3, -0.25) is 4.18 Å². The summed E-state index contributed by atoms with van der Waals surface area (Å²) in [5, 5.41) is 2.25. The molecular weight excluding hydrogens is 386 g/mol. The Morgan fingerprint density at radius 1 is 1.04 bits per heavy atom. The SMILES string of the molecule is COC(=O)[C@@H](COS(=O)(=O)c1ccc(C)cc1)NC(=O)OCc1ccccc1. The summed E-state index contributed by atoms with van der Waals surface area (Å²) in [6.45, 7) is 1.17. The third-order valence-corrected chi connectivity index (χ3v) is 4.99. The lowest BCUT2D eigenvalue weighted by Gasteiger charge is -2.16. The van der Waals surface area contributed by atoms with Crippen LogP contribution in [0.3, 0.4) is 0 Å². The van der Waals surface area contributed by atoms with Gasteiger partial charge < -0.3 is 14.8 Å². The van der Waals surface area contributed by atoms with Gasteiger partial charge in [-0.1, -0.05) is 48.0 Å². The molecular formula is C19H21NO7S. The molecule has 2 aromatic rings. The summed E-state index contributed by atoms with van der Waals surface area (Å²) >= 11 is 0. The molecule has 0 spiro atoms. The molecule has 8 nitrogen and oxygen atoms in total. The van der Waals surface area contributed by atoms with Crippen LogP contribution in [0.1, 0.15) is 11.1 Å². The zero-order chi connectivity index (χ0) is 20.6. The van der Waals surface area contributed by atoms with Crippen molar-refractivity contribution in [3.8, 4) is 0 Å². The molecule has 1 atom stereocenters. The standard InChI is InChI=1S/C19H21NO7S/c1-14-8-10-16(11-9-14)28(23,24)27-13-17(18(21)25-2)20-19(22)26-12-15-6-4-3-5-7-15/h3-11,17H,12-13H2,1-2H3,(H,20,22)/t17-/m1/s1. The molecule has 0 saturated heterocycles. The molecule has 1 amide bonds. The van der Waals surface area contributed by atoms with Crippen LogP contribution in [0.5, 0.6) is 0 Å². The van der Waals surface area contributed by atoms with Crippen molar-refractivity contribution >= 4 is 22.2 Å². The number of carbonyl (C=O) groups excluding carboxylic acids is 2. The zero-order valence-electron chi connectivity index (χ0n) is 15.5. The highest BCUT2D eigenvalue weighted by molar-refractivity contribution is 7.86. The number of amides is 1. The minimum atomic E-state index is -4.10. The van der Waals surface area contributed by atoms with Gasteiger partial charge in [0.1, 0.15) is 6.61 Å². The number of nitrogens with one attached hydrogen (secondary N) is 1. The number of hydrogen-bond donors (Lipinski definition) is 1. The molecule has 1 N–H and O–H groups in total. The fourth-order valence-electron chi connectivity index (χ4n) is 2.15. The number of alkyl carbamates (subject to hydrolysis) is 1. The van der Waals surface area contributed by atoms with Gasteiger partial charge in [0.05, 0.1) is 18.6 Å². The maximum atomic E-state index is 12.2. The van der Waals surface area contributed by atoms with Gasteiger partial charge in [-0.05, 0) is 24.6 Å². The van der Waals surface area contributed by atoms with E-state index in [1.807, 2.05) is 13.0 Å². The van der Waals surface area contributed by atoms with Crippen LogP contribution in [-0.4, -0.2) is 40.2 Å². The second kappa shape index (κ2) is 9.86. The van der Waals surface area contributed by atoms with E-state index in [1.165, 1.54) is 12.1 Å². The minimum Gasteiger partial charge on any atom is -0.467 e. The number of carbonyl (C=O) groups is 2. The molecule has 28 heavy (non-hydrogen) atoms. The number of benzene rings is 2. The predicted molar refractivity (Wildman–Crippen MR) is 99.9 cm³/mol. The first-order valence-corrected chi connectivity index (χ1v) is 9.74. The van der Waals surface area contributed by atoms with E-state index in [4.69, 9.17) is 8.92 Å². The van der Waals surface area contributed by atoms with Crippen LogP contribution >= 0.6 is 0 Å². The molecule has 0 unspecified atom stereocenters. The van der Waals surface area contributed by atoms with Crippen molar-refractivity contribution in [2.75, 3.05) is 13.7 Å². The Labute approximate surface area is 163 Å². The molecule has 9 heteroatoms. The minimum absolute atomic E-state index is 0.0108. The molecule has 0 fully saturated rings. The predicted octanol–water partition coefficient (Wildman–Crippen LogP) is 2.17. The summed E-state index contributed by atoms with van der Waals surface area (Å²) in [7, 11) is -2.99. The topological polar surface area (TPSA) is 108 Å². The zero-order valence-corrected chi connectivity index (χ0v) is 16.3. The summed E-state index contributed by atoms with van der Waals surface area (Å²) in [5.41, 5.74) is 1.64. The van der Waals surface area contributed by atoms with Gasteiger partial charge in [0, 0.05) is 0 Å². The van der Waals surface area contributed by atoms with Gasteiger partial charge in [-0.2, -0.15) is 8.42 Å². The molecule has 0 aliphatic carbocycles. The van der Waals surface area contributed by atoms with E-state index in [0.717, 1.165) is 18.2 Å². The van der Waals surface area contributed by atoms with Crippen molar-refractivity contribution in [1.29, 1.82) is 0 Å². The lowest BCUT2D eigenvalue weighted by molar-refractivity contribution is -0.143. The van der Waals surface area contributed by atoms with Gasteiger partial charge in [0.25, 0.3) is 10.1 Å². The third-order valence-electron chi connectivity index (χ3n) is 3.69. The average molecular weight is 407 g/mol. The highest BCUT2D eigenvalue weighted by Crippen LogP contribution is 2.13. The molecule has 0 aliphatic rings. The third kappa shape index (κ3) is 6.36. The number of methoxy groups -OCH3 is 1. The van der Waals surface area contributed by atoms with Crippen LogP contribution in [0.25, 0.3) is 0 Å². The highest BCUT2D eigenvalue weighted by Gasteiger charge is 2.26. The van der Waals surface area contributed by atoms with Crippen LogP contribution in [0.4, 0.5) is 4.79 Å². The molecule has 0 saturated carbocycles. The molecule has 0 heterocycles. The summed E-state index contributed by atoms with van der Waals surface area (Å²) in [5.74, 6) is -0.865. The lowest BCUT2D eigenvalue weighted by atomic mass is 10.2.